The minimum Gasteiger partial charge on any atom is -0.347 e. The highest BCUT2D eigenvalue weighted by atomic mass is 35.5. The van der Waals surface area contributed by atoms with Crippen LogP contribution in [0.4, 0.5) is 0 Å². The van der Waals surface area contributed by atoms with Crippen LogP contribution in [0.1, 0.15) is 35.2 Å². The van der Waals surface area contributed by atoms with Crippen LogP contribution in [-0.2, 0) is 6.42 Å². The number of nitriles is 2. The van der Waals surface area contributed by atoms with Crippen LogP contribution < -0.4 is 5.32 Å². The highest BCUT2D eigenvalue weighted by Crippen LogP contribution is 2.37. The molecule has 0 radical (unpaired) electrons. The van der Waals surface area contributed by atoms with Gasteiger partial charge >= 0.3 is 0 Å². The van der Waals surface area contributed by atoms with Crippen LogP contribution in [0.15, 0.2) is 36.4 Å². The topological polar surface area (TPSA) is 79.9 Å². The van der Waals surface area contributed by atoms with Crippen LogP contribution in [0, 0.1) is 22.8 Å². The third-order valence-electron chi connectivity index (χ3n) is 5.81. The van der Waals surface area contributed by atoms with Gasteiger partial charge in [-0.3, -0.25) is 4.79 Å². The largest absolute Gasteiger partial charge is 0.347 e. The SMILES string of the molecule is N#CCc1ccc(Cl)c(-c2ccc(C(=O)N[C@@H]3C[C@@H]4CC[C@H]3N4C#N)c(Cl)c2)c1. The summed E-state index contributed by atoms with van der Waals surface area (Å²) in [6.45, 7) is 0. The number of hydrogen-bond acceptors (Lipinski definition) is 4. The molecule has 0 aromatic heterocycles. The lowest BCUT2D eigenvalue weighted by Gasteiger charge is -2.22. The number of hydrogen-bond donors (Lipinski definition) is 1. The maximum Gasteiger partial charge on any atom is 0.253 e. The summed E-state index contributed by atoms with van der Waals surface area (Å²) in [5, 5.41) is 22.1. The van der Waals surface area contributed by atoms with Gasteiger partial charge in [0.1, 0.15) is 0 Å². The molecule has 4 rings (SSSR count). The van der Waals surface area contributed by atoms with Crippen molar-refractivity contribution in [2.24, 2.45) is 0 Å². The first-order chi connectivity index (χ1) is 14.0. The van der Waals surface area contributed by atoms with E-state index in [1.165, 1.54) is 0 Å². The average Bonchev–Trinajstić information content (AvgIpc) is 3.26. The predicted molar refractivity (Wildman–Crippen MR) is 111 cm³/mol. The molecule has 0 saturated carbocycles. The fourth-order valence-electron chi connectivity index (χ4n) is 4.41. The zero-order valence-corrected chi connectivity index (χ0v) is 17.0. The number of nitrogens with zero attached hydrogens (tertiary/aromatic N) is 3. The van der Waals surface area contributed by atoms with Crippen LogP contribution in [0.25, 0.3) is 11.1 Å². The Hall–Kier alpha value is -2.73. The van der Waals surface area contributed by atoms with Crippen molar-refractivity contribution in [1.82, 2.24) is 10.2 Å². The van der Waals surface area contributed by atoms with E-state index in [0.717, 1.165) is 36.0 Å². The molecule has 2 fully saturated rings. The smallest absolute Gasteiger partial charge is 0.253 e. The van der Waals surface area contributed by atoms with Crippen molar-refractivity contribution in [1.29, 1.82) is 10.5 Å². The lowest BCUT2D eigenvalue weighted by Crippen LogP contribution is -2.43. The number of amides is 1. The molecule has 1 amide bonds. The van der Waals surface area contributed by atoms with Crippen LogP contribution in [0.3, 0.4) is 0 Å². The van der Waals surface area contributed by atoms with E-state index in [-0.39, 0.29) is 24.0 Å². The van der Waals surface area contributed by atoms with E-state index in [9.17, 15) is 10.1 Å². The number of rotatable bonds is 4. The van der Waals surface area contributed by atoms with Gasteiger partial charge in [0.05, 0.1) is 35.2 Å². The van der Waals surface area contributed by atoms with Crippen molar-refractivity contribution < 1.29 is 4.79 Å². The summed E-state index contributed by atoms with van der Waals surface area (Å²) in [7, 11) is 0. The molecule has 1 N–H and O–H groups in total. The molecule has 0 unspecified atom stereocenters. The lowest BCUT2D eigenvalue weighted by atomic mass is 9.95. The Labute approximate surface area is 179 Å². The third kappa shape index (κ3) is 3.65. The Bertz CT molecular complexity index is 1060. The van der Waals surface area contributed by atoms with Gasteiger partial charge in [-0.05, 0) is 54.7 Å². The van der Waals surface area contributed by atoms with E-state index in [1.807, 2.05) is 17.0 Å². The van der Waals surface area contributed by atoms with Crippen LogP contribution in [-0.4, -0.2) is 28.9 Å². The van der Waals surface area contributed by atoms with E-state index in [0.29, 0.717) is 22.0 Å². The first-order valence-electron chi connectivity index (χ1n) is 9.46. The number of carbonyl (C=O) groups is 1. The normalized spacial score (nSPS) is 22.2. The number of nitrogens with one attached hydrogen (secondary N) is 1. The van der Waals surface area contributed by atoms with E-state index in [2.05, 4.69) is 17.6 Å². The van der Waals surface area contributed by atoms with Gasteiger partial charge in [-0.25, -0.2) is 0 Å². The van der Waals surface area contributed by atoms with Gasteiger partial charge in [0, 0.05) is 16.6 Å². The molecule has 146 valence electrons. The summed E-state index contributed by atoms with van der Waals surface area (Å²) in [4.78, 5) is 14.6. The second-order valence-electron chi connectivity index (χ2n) is 7.47. The monoisotopic (exact) mass is 424 g/mol. The molecule has 2 aromatic carbocycles. The molecule has 3 atom stereocenters. The summed E-state index contributed by atoms with van der Waals surface area (Å²) in [5.74, 6) is -0.235. The summed E-state index contributed by atoms with van der Waals surface area (Å²) in [5.41, 5.74) is 2.81. The van der Waals surface area contributed by atoms with E-state index < -0.39 is 0 Å². The van der Waals surface area contributed by atoms with Crippen molar-refractivity contribution in [2.75, 3.05) is 0 Å². The molecule has 0 aliphatic carbocycles. The second kappa shape index (κ2) is 7.95. The van der Waals surface area contributed by atoms with Crippen molar-refractivity contribution in [2.45, 2.75) is 43.8 Å². The van der Waals surface area contributed by atoms with Gasteiger partial charge < -0.3 is 10.2 Å². The molecule has 2 aliphatic heterocycles. The van der Waals surface area contributed by atoms with Gasteiger partial charge in [-0.1, -0.05) is 35.3 Å². The van der Waals surface area contributed by atoms with Crippen molar-refractivity contribution in [3.05, 3.63) is 57.6 Å². The van der Waals surface area contributed by atoms with E-state index >= 15 is 0 Å². The van der Waals surface area contributed by atoms with Crippen molar-refractivity contribution in [3.8, 4) is 23.4 Å². The molecule has 2 heterocycles. The van der Waals surface area contributed by atoms with Gasteiger partial charge in [0.15, 0.2) is 6.19 Å². The first kappa shape index (κ1) is 19.6. The Morgan fingerprint density at radius 2 is 1.97 bits per heavy atom. The van der Waals surface area contributed by atoms with Crippen molar-refractivity contribution in [3.63, 3.8) is 0 Å². The summed E-state index contributed by atoms with van der Waals surface area (Å²) in [6, 6.07) is 13.1. The first-order valence-corrected chi connectivity index (χ1v) is 10.2. The Balaban J connectivity index is 1.54. The fourth-order valence-corrected chi connectivity index (χ4v) is 4.90. The average molecular weight is 425 g/mol. The molecule has 2 aromatic rings. The Morgan fingerprint density at radius 1 is 1.14 bits per heavy atom. The van der Waals surface area contributed by atoms with Gasteiger partial charge in [-0.2, -0.15) is 10.5 Å². The van der Waals surface area contributed by atoms with Gasteiger partial charge in [-0.15, -0.1) is 0 Å². The Kier molecular flexibility index (Phi) is 5.37. The lowest BCUT2D eigenvalue weighted by molar-refractivity contribution is 0.0928. The molecular formula is C22H18Cl2N4O. The van der Waals surface area contributed by atoms with Crippen LogP contribution in [0.5, 0.6) is 0 Å². The van der Waals surface area contributed by atoms with Crippen LogP contribution in [0.2, 0.25) is 10.0 Å². The maximum absolute atomic E-state index is 12.8. The predicted octanol–water partition coefficient (Wildman–Crippen LogP) is 4.54. The molecule has 7 heteroatoms. The molecule has 2 bridgehead atoms. The third-order valence-corrected chi connectivity index (χ3v) is 6.45. The number of benzene rings is 2. The highest BCUT2D eigenvalue weighted by molar-refractivity contribution is 6.35. The van der Waals surface area contributed by atoms with Gasteiger partial charge in [0.2, 0.25) is 0 Å². The van der Waals surface area contributed by atoms with Crippen LogP contribution >= 0.6 is 23.2 Å². The molecule has 2 aliphatic rings. The summed E-state index contributed by atoms with van der Waals surface area (Å²) < 4.78 is 0. The minimum absolute atomic E-state index is 0.0336. The molecule has 5 nitrogen and oxygen atoms in total. The zero-order chi connectivity index (χ0) is 20.5. The molecule has 29 heavy (non-hydrogen) atoms. The standard InChI is InChI=1S/C22H18Cl2N4O/c23-18-5-1-13(7-8-25)9-17(18)14-2-4-16(19(24)10-14)22(29)27-20-11-15-3-6-21(20)28(15)12-26/h1-2,4-5,9-10,15,20-21H,3,6-7,11H2,(H,27,29)/t15-,20+,21+/m0/s1. The molecule has 0 spiro atoms. The van der Waals surface area contributed by atoms with Gasteiger partial charge in [0.25, 0.3) is 5.91 Å². The maximum atomic E-state index is 12.8. The van der Waals surface area contributed by atoms with E-state index in [4.69, 9.17) is 28.5 Å². The summed E-state index contributed by atoms with van der Waals surface area (Å²) in [6.07, 6.45) is 5.26. The quantitative estimate of drug-likeness (QED) is 0.730. The summed E-state index contributed by atoms with van der Waals surface area (Å²) >= 11 is 12.8. The van der Waals surface area contributed by atoms with Crippen molar-refractivity contribution >= 4 is 29.1 Å². The molecule has 2 saturated heterocycles. The number of carbonyl (C=O) groups excluding carboxylic acids is 1. The zero-order valence-electron chi connectivity index (χ0n) is 15.5. The number of fused-ring (bicyclic) bond motifs is 2. The number of halogens is 2. The Morgan fingerprint density at radius 3 is 2.66 bits per heavy atom. The molecular weight excluding hydrogens is 407 g/mol. The van der Waals surface area contributed by atoms with E-state index in [1.54, 1.807) is 24.3 Å². The minimum atomic E-state index is -0.235. The fraction of sp³-hybridized carbons (Fsp3) is 0.318. The second-order valence-corrected chi connectivity index (χ2v) is 8.28. The highest BCUT2D eigenvalue weighted by Gasteiger charge is 2.46.